The first kappa shape index (κ1) is 34.1. The summed E-state index contributed by atoms with van der Waals surface area (Å²) in [6.07, 6.45) is 16.9. The standard InChI is InChI=1S/C39H40S9/c1-3-4-5-6-7-8-9-10-11-12-13-14-17-40-31-21-28(30-23-33-39(48-30)36-26(44-33)16-19-42-36)46-37(31)34-24(2)20-27(45-34)29-22-32-38(47-29)35-25(43-32)15-18-41-35/h15-16,18-23H,3-14,17H2,1-2H3. The van der Waals surface area contributed by atoms with Crippen molar-refractivity contribution >= 4 is 140 Å². The summed E-state index contributed by atoms with van der Waals surface area (Å²) in [7, 11) is 0. The van der Waals surface area contributed by atoms with Crippen LogP contribution in [0.15, 0.2) is 52.1 Å². The fourth-order valence-electron chi connectivity index (χ4n) is 6.50. The Morgan fingerprint density at radius 1 is 0.479 bits per heavy atom. The van der Waals surface area contributed by atoms with Gasteiger partial charge in [0.2, 0.25) is 0 Å². The Morgan fingerprint density at radius 3 is 1.56 bits per heavy atom. The molecule has 9 heteroatoms. The third-order valence-corrected chi connectivity index (χ3v) is 20.4. The largest absolute Gasteiger partial charge is 0.141 e. The Hall–Kier alpha value is -1.01. The van der Waals surface area contributed by atoms with Gasteiger partial charge in [0.1, 0.15) is 0 Å². The number of unbranched alkanes of at least 4 members (excludes halogenated alkanes) is 11. The van der Waals surface area contributed by atoms with Gasteiger partial charge in [-0.05, 0) is 71.8 Å². The van der Waals surface area contributed by atoms with E-state index in [1.807, 2.05) is 90.7 Å². The van der Waals surface area contributed by atoms with Crippen molar-refractivity contribution in [3.63, 3.8) is 0 Å². The molecule has 0 N–H and O–H groups in total. The van der Waals surface area contributed by atoms with Gasteiger partial charge in [0.05, 0.1) is 23.7 Å². The van der Waals surface area contributed by atoms with E-state index in [4.69, 9.17) is 0 Å². The van der Waals surface area contributed by atoms with Gasteiger partial charge >= 0.3 is 0 Å². The second-order valence-electron chi connectivity index (χ2n) is 12.7. The van der Waals surface area contributed by atoms with E-state index < -0.39 is 0 Å². The smallest absolute Gasteiger partial charge is 0.0636 e. The van der Waals surface area contributed by atoms with E-state index in [0.29, 0.717) is 0 Å². The van der Waals surface area contributed by atoms with E-state index in [-0.39, 0.29) is 0 Å². The topological polar surface area (TPSA) is 0 Å². The summed E-state index contributed by atoms with van der Waals surface area (Å²) in [6.45, 7) is 4.63. The van der Waals surface area contributed by atoms with Gasteiger partial charge in [-0.2, -0.15) is 0 Å². The highest BCUT2D eigenvalue weighted by molar-refractivity contribution is 7.99. The number of thiophene rings is 8. The summed E-state index contributed by atoms with van der Waals surface area (Å²) in [5.74, 6) is 1.21. The van der Waals surface area contributed by atoms with Crippen LogP contribution in [0.25, 0.3) is 66.9 Å². The zero-order valence-electron chi connectivity index (χ0n) is 27.5. The van der Waals surface area contributed by atoms with Gasteiger partial charge < -0.3 is 0 Å². The van der Waals surface area contributed by atoms with Crippen LogP contribution in [-0.4, -0.2) is 5.75 Å². The first-order chi connectivity index (χ1) is 23.7. The molecule has 0 aliphatic carbocycles. The number of fused-ring (bicyclic) bond motifs is 6. The Bertz CT molecular complexity index is 2250. The molecule has 0 aromatic carbocycles. The second kappa shape index (κ2) is 15.7. The molecular formula is C39H40S9. The Labute approximate surface area is 320 Å². The van der Waals surface area contributed by atoms with Crippen molar-refractivity contribution in [3.05, 3.63) is 52.7 Å². The van der Waals surface area contributed by atoms with E-state index in [2.05, 4.69) is 72.8 Å². The van der Waals surface area contributed by atoms with Crippen LogP contribution in [0.4, 0.5) is 0 Å². The van der Waals surface area contributed by atoms with Crippen LogP contribution in [0.3, 0.4) is 0 Å². The molecule has 0 radical (unpaired) electrons. The van der Waals surface area contributed by atoms with Crippen molar-refractivity contribution < 1.29 is 0 Å². The molecule has 0 atom stereocenters. The monoisotopic (exact) mass is 796 g/mol. The molecule has 0 bridgehead atoms. The predicted octanol–water partition coefficient (Wildman–Crippen LogP) is 17.9. The fraction of sp³-hybridized carbons (Fsp3) is 0.385. The van der Waals surface area contributed by atoms with Gasteiger partial charge in [0, 0.05) is 48.1 Å². The lowest BCUT2D eigenvalue weighted by molar-refractivity contribution is 0.548. The summed E-state index contributed by atoms with van der Waals surface area (Å²) in [5, 5.41) is 4.48. The van der Waals surface area contributed by atoms with Gasteiger partial charge in [0.15, 0.2) is 0 Å². The molecule has 8 rings (SSSR count). The molecule has 48 heavy (non-hydrogen) atoms. The van der Waals surface area contributed by atoms with Crippen LogP contribution in [0, 0.1) is 6.92 Å². The minimum Gasteiger partial charge on any atom is -0.141 e. The van der Waals surface area contributed by atoms with Gasteiger partial charge in [-0.15, -0.1) is 102 Å². The van der Waals surface area contributed by atoms with Gasteiger partial charge in [-0.25, -0.2) is 0 Å². The number of aryl methyl sites for hydroxylation is 1. The van der Waals surface area contributed by atoms with Crippen molar-refractivity contribution in [3.8, 4) is 29.3 Å². The zero-order valence-corrected chi connectivity index (χ0v) is 34.8. The third-order valence-electron chi connectivity index (χ3n) is 9.07. The maximum atomic E-state index is 2.53. The van der Waals surface area contributed by atoms with Crippen LogP contribution in [0.1, 0.15) is 89.5 Å². The molecule has 0 aliphatic rings. The molecule has 8 aromatic rings. The maximum absolute atomic E-state index is 2.53. The maximum Gasteiger partial charge on any atom is 0.0636 e. The molecule has 0 spiro atoms. The molecule has 250 valence electrons. The highest BCUT2D eigenvalue weighted by atomic mass is 32.2. The molecule has 0 unspecified atom stereocenters. The van der Waals surface area contributed by atoms with Crippen LogP contribution in [-0.2, 0) is 0 Å². The minimum atomic E-state index is 1.21. The van der Waals surface area contributed by atoms with Crippen LogP contribution in [0.2, 0.25) is 0 Å². The second-order valence-corrected chi connectivity index (χ2v) is 22.0. The molecule has 0 amide bonds. The summed E-state index contributed by atoms with van der Waals surface area (Å²) in [5.41, 5.74) is 1.42. The third kappa shape index (κ3) is 7.20. The normalized spacial score (nSPS) is 12.3. The molecule has 0 saturated heterocycles. The van der Waals surface area contributed by atoms with Crippen molar-refractivity contribution in [2.24, 2.45) is 0 Å². The van der Waals surface area contributed by atoms with Crippen molar-refractivity contribution in [2.45, 2.75) is 95.8 Å². The van der Waals surface area contributed by atoms with E-state index in [1.54, 1.807) is 0 Å². The highest BCUT2D eigenvalue weighted by Gasteiger charge is 2.21. The fourth-order valence-corrected chi connectivity index (χ4v) is 18.1. The predicted molar refractivity (Wildman–Crippen MR) is 232 cm³/mol. The Balaban J connectivity index is 0.975. The molecule has 8 heterocycles. The number of hydrogen-bond donors (Lipinski definition) is 0. The van der Waals surface area contributed by atoms with Crippen LogP contribution >= 0.6 is 102 Å². The molecule has 8 aromatic heterocycles. The minimum absolute atomic E-state index is 1.21. The number of thioether (sulfide) groups is 1. The number of hydrogen-bond acceptors (Lipinski definition) is 9. The first-order valence-electron chi connectivity index (χ1n) is 17.3. The Morgan fingerprint density at radius 2 is 0.979 bits per heavy atom. The average Bonchev–Trinajstić information content (AvgIpc) is 3.91. The summed E-state index contributed by atoms with van der Waals surface area (Å²) < 4.78 is 11.7. The van der Waals surface area contributed by atoms with E-state index >= 15 is 0 Å². The SMILES string of the molecule is CCCCCCCCCCCCCCSc1cc(-c2cc3sc4ccsc4c3s2)sc1-c1sc(-c2cc3sc4ccsc4c3s2)cc1C. The quantitative estimate of drug-likeness (QED) is 0.0653. The Kier molecular flexibility index (Phi) is 11.2. The summed E-state index contributed by atoms with van der Waals surface area (Å²) in [4.78, 5) is 10.2. The van der Waals surface area contributed by atoms with Crippen molar-refractivity contribution in [2.75, 3.05) is 5.75 Å². The zero-order chi connectivity index (χ0) is 32.5. The summed E-state index contributed by atoms with van der Waals surface area (Å²) in [6, 6.07) is 14.4. The lowest BCUT2D eigenvalue weighted by atomic mass is 10.1. The average molecular weight is 797 g/mol. The molecule has 0 fully saturated rings. The molecule has 0 saturated carbocycles. The molecular weight excluding hydrogens is 757 g/mol. The van der Waals surface area contributed by atoms with Gasteiger partial charge in [-0.3, -0.25) is 0 Å². The van der Waals surface area contributed by atoms with Crippen LogP contribution in [0.5, 0.6) is 0 Å². The highest BCUT2D eigenvalue weighted by Crippen LogP contribution is 2.53. The first-order valence-corrected chi connectivity index (χ1v) is 25.0. The van der Waals surface area contributed by atoms with Gasteiger partial charge in [-0.1, -0.05) is 77.6 Å². The summed E-state index contributed by atoms with van der Waals surface area (Å²) >= 11 is 17.8. The number of rotatable bonds is 17. The van der Waals surface area contributed by atoms with E-state index in [1.165, 1.54) is 160 Å². The molecule has 0 aliphatic heterocycles. The molecule has 0 nitrogen and oxygen atoms in total. The van der Waals surface area contributed by atoms with E-state index in [0.717, 1.165) is 0 Å². The van der Waals surface area contributed by atoms with Gasteiger partial charge in [0.25, 0.3) is 0 Å². The lowest BCUT2D eigenvalue weighted by Gasteiger charge is -2.04. The van der Waals surface area contributed by atoms with Crippen LogP contribution < -0.4 is 0 Å². The lowest BCUT2D eigenvalue weighted by Crippen LogP contribution is -1.84. The van der Waals surface area contributed by atoms with Crippen molar-refractivity contribution in [1.82, 2.24) is 0 Å². The van der Waals surface area contributed by atoms with Crippen molar-refractivity contribution in [1.29, 1.82) is 0 Å². The van der Waals surface area contributed by atoms with E-state index in [9.17, 15) is 0 Å².